The summed E-state index contributed by atoms with van der Waals surface area (Å²) in [5.74, 6) is 1.15. The van der Waals surface area contributed by atoms with Gasteiger partial charge in [-0.3, -0.25) is 4.79 Å². The number of benzene rings is 3. The summed E-state index contributed by atoms with van der Waals surface area (Å²) in [6.07, 6.45) is 1.83. The molecule has 0 spiro atoms. The van der Waals surface area contributed by atoms with Crippen molar-refractivity contribution in [1.29, 1.82) is 0 Å². The molecule has 3 aromatic carbocycles. The van der Waals surface area contributed by atoms with Crippen LogP contribution >= 0.6 is 11.8 Å². The van der Waals surface area contributed by atoms with Crippen molar-refractivity contribution in [2.75, 3.05) is 6.61 Å². The van der Waals surface area contributed by atoms with Crippen LogP contribution in [-0.2, 0) is 11.4 Å². The Morgan fingerprint density at radius 3 is 2.50 bits per heavy atom. The number of aliphatic imine (C=N–C) groups is 1. The van der Waals surface area contributed by atoms with Crippen molar-refractivity contribution in [3.8, 4) is 11.5 Å². The summed E-state index contributed by atoms with van der Waals surface area (Å²) < 4.78 is 11.7. The fourth-order valence-electron chi connectivity index (χ4n) is 3.11. The van der Waals surface area contributed by atoms with Crippen LogP contribution in [0.2, 0.25) is 0 Å². The van der Waals surface area contributed by atoms with Gasteiger partial charge in [0.15, 0.2) is 16.7 Å². The molecule has 0 aromatic heterocycles. The minimum absolute atomic E-state index is 0.164. The van der Waals surface area contributed by atoms with E-state index in [1.54, 1.807) is 0 Å². The van der Waals surface area contributed by atoms with E-state index in [4.69, 9.17) is 9.47 Å². The zero-order valence-corrected chi connectivity index (χ0v) is 18.8. The number of hydrogen-bond donors (Lipinski definition) is 1. The molecular formula is C26H24N2O3S. The van der Waals surface area contributed by atoms with Crippen LogP contribution in [0.5, 0.6) is 11.5 Å². The van der Waals surface area contributed by atoms with E-state index in [0.29, 0.717) is 34.8 Å². The van der Waals surface area contributed by atoms with Gasteiger partial charge in [0.1, 0.15) is 6.61 Å². The predicted molar refractivity (Wildman–Crippen MR) is 130 cm³/mol. The Kier molecular flexibility index (Phi) is 6.92. The molecule has 3 aromatic rings. The lowest BCUT2D eigenvalue weighted by Gasteiger charge is -2.13. The molecule has 4 rings (SSSR count). The van der Waals surface area contributed by atoms with Crippen LogP contribution in [0, 0.1) is 6.92 Å². The van der Waals surface area contributed by atoms with Gasteiger partial charge in [0.25, 0.3) is 5.91 Å². The number of aryl methyl sites for hydroxylation is 1. The van der Waals surface area contributed by atoms with E-state index in [-0.39, 0.29) is 5.91 Å². The Labute approximate surface area is 192 Å². The van der Waals surface area contributed by atoms with Gasteiger partial charge in [0, 0.05) is 0 Å². The molecule has 0 atom stereocenters. The van der Waals surface area contributed by atoms with Crippen LogP contribution < -0.4 is 14.8 Å². The smallest absolute Gasteiger partial charge is 0.264 e. The molecule has 0 aliphatic carbocycles. The van der Waals surface area contributed by atoms with Gasteiger partial charge >= 0.3 is 0 Å². The number of ether oxygens (including phenoxy) is 2. The number of carbonyl (C=O) groups excluding carboxylic acids is 1. The summed E-state index contributed by atoms with van der Waals surface area (Å²) in [4.78, 5) is 17.5. The van der Waals surface area contributed by atoms with E-state index >= 15 is 0 Å². The lowest BCUT2D eigenvalue weighted by atomic mass is 10.2. The maximum absolute atomic E-state index is 12.4. The van der Waals surface area contributed by atoms with Crippen molar-refractivity contribution in [1.82, 2.24) is 5.32 Å². The van der Waals surface area contributed by atoms with Gasteiger partial charge in [-0.15, -0.1) is 0 Å². The van der Waals surface area contributed by atoms with Gasteiger partial charge < -0.3 is 14.8 Å². The Hall–Kier alpha value is -3.51. The van der Waals surface area contributed by atoms with Crippen molar-refractivity contribution in [2.24, 2.45) is 4.99 Å². The second-order valence-electron chi connectivity index (χ2n) is 7.23. The molecule has 1 saturated heterocycles. The quantitative estimate of drug-likeness (QED) is 0.464. The first-order valence-corrected chi connectivity index (χ1v) is 11.2. The molecule has 32 heavy (non-hydrogen) atoms. The van der Waals surface area contributed by atoms with E-state index in [9.17, 15) is 4.79 Å². The number of thioether (sulfide) groups is 1. The number of hydrogen-bond acceptors (Lipinski definition) is 5. The van der Waals surface area contributed by atoms with Gasteiger partial charge in [-0.1, -0.05) is 54.1 Å². The third-order valence-electron chi connectivity index (χ3n) is 4.72. The van der Waals surface area contributed by atoms with Gasteiger partial charge in [0.05, 0.1) is 17.2 Å². The molecule has 5 nitrogen and oxygen atoms in total. The van der Waals surface area contributed by atoms with E-state index in [2.05, 4.69) is 10.3 Å². The zero-order chi connectivity index (χ0) is 22.3. The SMILES string of the molecule is CCOc1cc(/C=C2/SC(=Nc3ccc(C)cc3)NC2=O)ccc1OCc1ccccc1. The lowest BCUT2D eigenvalue weighted by Crippen LogP contribution is -2.19. The number of amides is 1. The Balaban J connectivity index is 1.50. The number of nitrogens with zero attached hydrogens (tertiary/aromatic N) is 1. The molecule has 1 fully saturated rings. The summed E-state index contributed by atoms with van der Waals surface area (Å²) in [6, 6.07) is 23.5. The molecular weight excluding hydrogens is 420 g/mol. The van der Waals surface area contributed by atoms with Crippen molar-refractivity contribution in [3.63, 3.8) is 0 Å². The predicted octanol–water partition coefficient (Wildman–Crippen LogP) is 5.86. The first-order chi connectivity index (χ1) is 15.6. The number of carbonyl (C=O) groups is 1. The minimum Gasteiger partial charge on any atom is -0.490 e. The second kappa shape index (κ2) is 10.2. The lowest BCUT2D eigenvalue weighted by molar-refractivity contribution is -0.115. The molecule has 1 amide bonds. The average molecular weight is 445 g/mol. The van der Waals surface area contributed by atoms with Crippen LogP contribution in [0.15, 0.2) is 82.7 Å². The van der Waals surface area contributed by atoms with Gasteiger partial charge in [0.2, 0.25) is 0 Å². The monoisotopic (exact) mass is 444 g/mol. The van der Waals surface area contributed by atoms with E-state index < -0.39 is 0 Å². The highest BCUT2D eigenvalue weighted by Crippen LogP contribution is 2.33. The molecule has 6 heteroatoms. The van der Waals surface area contributed by atoms with Crippen LogP contribution in [0.4, 0.5) is 5.69 Å². The maximum Gasteiger partial charge on any atom is 0.264 e. The van der Waals surface area contributed by atoms with Gasteiger partial charge in [-0.05, 0) is 67.1 Å². The van der Waals surface area contributed by atoms with Crippen LogP contribution in [0.3, 0.4) is 0 Å². The highest BCUT2D eigenvalue weighted by molar-refractivity contribution is 8.18. The summed E-state index contributed by atoms with van der Waals surface area (Å²) in [5, 5.41) is 3.39. The molecule has 0 radical (unpaired) electrons. The van der Waals surface area contributed by atoms with Crippen LogP contribution in [-0.4, -0.2) is 17.7 Å². The molecule has 162 valence electrons. The zero-order valence-electron chi connectivity index (χ0n) is 18.0. The topological polar surface area (TPSA) is 59.9 Å². The fourth-order valence-corrected chi connectivity index (χ4v) is 3.95. The number of rotatable bonds is 7. The molecule has 0 unspecified atom stereocenters. The molecule has 1 heterocycles. The minimum atomic E-state index is -0.164. The highest BCUT2D eigenvalue weighted by Gasteiger charge is 2.24. The Morgan fingerprint density at radius 1 is 0.969 bits per heavy atom. The van der Waals surface area contributed by atoms with Crippen molar-refractivity contribution in [2.45, 2.75) is 20.5 Å². The van der Waals surface area contributed by atoms with Crippen LogP contribution in [0.1, 0.15) is 23.6 Å². The molecule has 1 aliphatic rings. The van der Waals surface area contributed by atoms with E-state index in [1.807, 2.05) is 92.7 Å². The third-order valence-corrected chi connectivity index (χ3v) is 5.63. The van der Waals surface area contributed by atoms with E-state index in [0.717, 1.165) is 16.8 Å². The Morgan fingerprint density at radius 2 is 1.75 bits per heavy atom. The maximum atomic E-state index is 12.4. The van der Waals surface area contributed by atoms with E-state index in [1.165, 1.54) is 17.3 Å². The number of amidine groups is 1. The van der Waals surface area contributed by atoms with Crippen molar-refractivity contribution >= 4 is 34.6 Å². The highest BCUT2D eigenvalue weighted by atomic mass is 32.2. The van der Waals surface area contributed by atoms with Crippen molar-refractivity contribution < 1.29 is 14.3 Å². The summed E-state index contributed by atoms with van der Waals surface area (Å²) in [7, 11) is 0. The average Bonchev–Trinajstić information content (AvgIpc) is 3.14. The first kappa shape index (κ1) is 21.7. The summed E-state index contributed by atoms with van der Waals surface area (Å²) >= 11 is 1.32. The summed E-state index contributed by atoms with van der Waals surface area (Å²) in [6.45, 7) is 4.93. The van der Waals surface area contributed by atoms with Gasteiger partial charge in [-0.2, -0.15) is 0 Å². The van der Waals surface area contributed by atoms with Crippen molar-refractivity contribution in [3.05, 3.63) is 94.4 Å². The van der Waals surface area contributed by atoms with Crippen LogP contribution in [0.25, 0.3) is 6.08 Å². The summed E-state index contributed by atoms with van der Waals surface area (Å²) in [5.41, 5.74) is 3.91. The Bertz CT molecular complexity index is 1160. The van der Waals surface area contributed by atoms with Gasteiger partial charge in [-0.25, -0.2) is 4.99 Å². The second-order valence-corrected chi connectivity index (χ2v) is 8.26. The molecule has 1 aliphatic heterocycles. The first-order valence-electron chi connectivity index (χ1n) is 10.4. The standard InChI is InChI=1S/C26H24N2O3S/c1-3-30-23-15-20(11-14-22(23)31-17-19-7-5-4-6-8-19)16-24-25(29)28-26(32-24)27-21-12-9-18(2)10-13-21/h4-16H,3,17H2,1-2H3,(H,27,28,29)/b24-16+. The fraction of sp³-hybridized carbons (Fsp3) is 0.154. The largest absolute Gasteiger partial charge is 0.490 e. The molecule has 0 bridgehead atoms. The third kappa shape index (κ3) is 5.59. The molecule has 0 saturated carbocycles. The number of nitrogens with one attached hydrogen (secondary N) is 1. The molecule has 1 N–H and O–H groups in total. The normalized spacial score (nSPS) is 15.8.